The number of amidine groups is 2. The zero-order valence-corrected chi connectivity index (χ0v) is 21.7. The molecule has 1 aliphatic rings. The second-order valence-corrected chi connectivity index (χ2v) is 9.44. The van der Waals surface area contributed by atoms with Gasteiger partial charge in [-0.25, -0.2) is 14.4 Å². The van der Waals surface area contributed by atoms with E-state index in [9.17, 15) is 17.6 Å². The molecule has 1 aliphatic heterocycles. The molecule has 0 amide bonds. The first kappa shape index (κ1) is 28.1. The molecule has 1 saturated heterocycles. The minimum atomic E-state index is -4.76. The number of hydrogen-bond donors (Lipinski definition) is 1. The number of hydrogen-bond acceptors (Lipinski definition) is 5. The zero-order valence-electron chi connectivity index (χ0n) is 20.1. The van der Waals surface area contributed by atoms with Crippen molar-refractivity contribution in [2.24, 2.45) is 25.9 Å². The van der Waals surface area contributed by atoms with E-state index in [0.717, 1.165) is 29.9 Å². The van der Waals surface area contributed by atoms with E-state index in [2.05, 4.69) is 24.9 Å². The molecule has 3 aromatic carbocycles. The lowest BCUT2D eigenvalue weighted by molar-refractivity contribution is -0.274. The maximum atomic E-state index is 14.4. The number of thioether (sulfide) groups is 1. The Morgan fingerprint density at radius 2 is 1.79 bits per heavy atom. The Labute approximate surface area is 230 Å². The van der Waals surface area contributed by atoms with Crippen molar-refractivity contribution in [3.63, 3.8) is 0 Å². The molecule has 13 heteroatoms. The number of rotatable bonds is 7. The van der Waals surface area contributed by atoms with Crippen LogP contribution in [0.3, 0.4) is 0 Å². The third-order valence-corrected chi connectivity index (χ3v) is 6.58. The summed E-state index contributed by atoms with van der Waals surface area (Å²) in [6.07, 6.45) is -1.13. The molecular weight excluding hydrogens is 556 g/mol. The third-order valence-electron chi connectivity index (χ3n) is 5.23. The highest BCUT2D eigenvalue weighted by Crippen LogP contribution is 2.33. The Morgan fingerprint density at radius 1 is 1.05 bits per heavy atom. The average Bonchev–Trinajstić information content (AvgIpc) is 2.90. The van der Waals surface area contributed by atoms with Gasteiger partial charge in [0.1, 0.15) is 23.7 Å². The summed E-state index contributed by atoms with van der Waals surface area (Å²) in [6, 6.07) is 16.6. The van der Waals surface area contributed by atoms with Crippen molar-refractivity contribution in [2.75, 3.05) is 17.2 Å². The van der Waals surface area contributed by atoms with E-state index in [0.29, 0.717) is 28.0 Å². The van der Waals surface area contributed by atoms with Crippen LogP contribution in [0.5, 0.6) is 5.75 Å². The maximum Gasteiger partial charge on any atom is 0.573 e. The van der Waals surface area contributed by atoms with Crippen LogP contribution >= 0.6 is 23.4 Å². The molecule has 0 spiro atoms. The first-order chi connectivity index (χ1) is 18.7. The topological polar surface area (TPSA) is 87.9 Å². The van der Waals surface area contributed by atoms with Gasteiger partial charge in [-0.1, -0.05) is 53.7 Å². The lowest BCUT2D eigenvalue weighted by Crippen LogP contribution is -2.34. The van der Waals surface area contributed by atoms with Gasteiger partial charge in [-0.15, -0.1) is 18.3 Å². The van der Waals surface area contributed by atoms with E-state index < -0.39 is 12.2 Å². The molecule has 0 saturated carbocycles. The van der Waals surface area contributed by atoms with Crippen LogP contribution in [0.4, 0.5) is 28.9 Å². The van der Waals surface area contributed by atoms with E-state index in [4.69, 9.17) is 17.3 Å². The number of nitrogens with zero attached hydrogens (tertiary/aromatic N) is 5. The fourth-order valence-corrected chi connectivity index (χ4v) is 4.61. The number of nitrogens with two attached hydrogens (primary N) is 1. The maximum absolute atomic E-state index is 14.4. The number of anilines is 1. The summed E-state index contributed by atoms with van der Waals surface area (Å²) >= 11 is 7.71. The summed E-state index contributed by atoms with van der Waals surface area (Å²) in [6.45, 7) is 0.580. The Kier molecular flexibility index (Phi) is 9.20. The molecule has 0 aliphatic carbocycles. The van der Waals surface area contributed by atoms with Crippen LogP contribution in [-0.2, 0) is 0 Å². The highest BCUT2D eigenvalue weighted by molar-refractivity contribution is 8.14. The molecule has 7 nitrogen and oxygen atoms in total. The van der Waals surface area contributed by atoms with Gasteiger partial charge in [0.25, 0.3) is 0 Å². The van der Waals surface area contributed by atoms with Gasteiger partial charge in [0.2, 0.25) is 0 Å². The molecule has 4 rings (SSSR count). The van der Waals surface area contributed by atoms with Crippen molar-refractivity contribution >= 4 is 58.3 Å². The molecule has 0 radical (unpaired) electrons. The fraction of sp³-hybridized carbons (Fsp3) is 0.154. The Hall–Kier alpha value is -3.90. The van der Waals surface area contributed by atoms with Crippen molar-refractivity contribution in [1.82, 2.24) is 0 Å². The molecule has 1 fully saturated rings. The van der Waals surface area contributed by atoms with Crippen molar-refractivity contribution in [1.29, 1.82) is 0 Å². The second-order valence-electron chi connectivity index (χ2n) is 7.97. The van der Waals surface area contributed by atoms with Gasteiger partial charge >= 0.3 is 6.36 Å². The van der Waals surface area contributed by atoms with Gasteiger partial charge < -0.3 is 15.4 Å². The lowest BCUT2D eigenvalue weighted by atomic mass is 10.1. The average molecular weight is 577 g/mol. The standard InChI is InChI=1S/C26H21ClF4N6OS/c27-21-3-1-4-22(28)23(21)37-13-2-14-39-25(37)36-35-15-17-5-7-18(8-6-17)24(32)34-16-33-19-9-11-20(12-10-19)38-26(29,30)31/h1,3-12,15-16H,2,13-14H2,(H2,32,33,34)/b35-15-,36-25+. The number of benzene rings is 3. The van der Waals surface area contributed by atoms with Gasteiger partial charge in [0.15, 0.2) is 5.17 Å². The van der Waals surface area contributed by atoms with Crippen LogP contribution < -0.4 is 15.4 Å². The van der Waals surface area contributed by atoms with Crippen molar-refractivity contribution in [3.8, 4) is 5.75 Å². The molecule has 0 bridgehead atoms. The molecule has 39 heavy (non-hydrogen) atoms. The normalized spacial score (nSPS) is 16.0. The lowest BCUT2D eigenvalue weighted by Gasteiger charge is -2.29. The first-order valence-electron chi connectivity index (χ1n) is 11.5. The summed E-state index contributed by atoms with van der Waals surface area (Å²) in [7, 11) is 0. The van der Waals surface area contributed by atoms with Crippen LogP contribution in [0, 0.1) is 5.82 Å². The largest absolute Gasteiger partial charge is 0.573 e. The molecular formula is C26H21ClF4N6OS. The molecule has 3 aromatic rings. The number of aliphatic imine (C=N–C) groups is 2. The predicted octanol–water partition coefficient (Wildman–Crippen LogP) is 6.78. The molecule has 0 aromatic heterocycles. The zero-order chi connectivity index (χ0) is 27.8. The predicted molar refractivity (Wildman–Crippen MR) is 149 cm³/mol. The number of alkyl halides is 3. The van der Waals surface area contributed by atoms with E-state index in [1.807, 2.05) is 0 Å². The number of ether oxygens (including phenoxy) is 1. The Morgan fingerprint density at radius 3 is 2.49 bits per heavy atom. The fourth-order valence-electron chi connectivity index (χ4n) is 3.45. The molecule has 1 heterocycles. The number of halogens is 5. The van der Waals surface area contributed by atoms with Crippen LogP contribution in [0.15, 0.2) is 86.9 Å². The van der Waals surface area contributed by atoms with Gasteiger partial charge in [-0.2, -0.15) is 5.10 Å². The van der Waals surface area contributed by atoms with E-state index in [1.165, 1.54) is 36.3 Å². The van der Waals surface area contributed by atoms with Crippen LogP contribution in [-0.4, -0.2) is 42.2 Å². The minimum absolute atomic E-state index is 0.190. The summed E-state index contributed by atoms with van der Waals surface area (Å²) < 4.78 is 55.0. The summed E-state index contributed by atoms with van der Waals surface area (Å²) in [5.41, 5.74) is 8.05. The highest BCUT2D eigenvalue weighted by atomic mass is 35.5. The molecule has 2 N–H and O–H groups in total. The van der Waals surface area contributed by atoms with Crippen molar-refractivity contribution in [2.45, 2.75) is 12.8 Å². The SMILES string of the molecule is NC(=NC=Nc1ccc(OC(F)(F)F)cc1)c1ccc(/C=N\N=C2\SCCCN2c2c(F)cccc2Cl)cc1. The smallest absolute Gasteiger partial charge is 0.406 e. The Bertz CT molecular complexity index is 1390. The summed E-state index contributed by atoms with van der Waals surface area (Å²) in [5.74, 6) is 0.264. The molecule has 202 valence electrons. The summed E-state index contributed by atoms with van der Waals surface area (Å²) in [5, 5.41) is 9.32. The van der Waals surface area contributed by atoms with Gasteiger partial charge in [-0.3, -0.25) is 0 Å². The van der Waals surface area contributed by atoms with E-state index in [1.54, 1.807) is 47.5 Å². The van der Waals surface area contributed by atoms with E-state index >= 15 is 0 Å². The van der Waals surface area contributed by atoms with Crippen LogP contribution in [0.25, 0.3) is 0 Å². The summed E-state index contributed by atoms with van der Waals surface area (Å²) in [4.78, 5) is 9.84. The van der Waals surface area contributed by atoms with Gasteiger partial charge in [0.05, 0.1) is 22.6 Å². The Balaban J connectivity index is 1.38. The molecule has 0 unspecified atom stereocenters. The van der Waals surface area contributed by atoms with E-state index in [-0.39, 0.29) is 17.3 Å². The van der Waals surface area contributed by atoms with Crippen LogP contribution in [0.2, 0.25) is 5.02 Å². The monoisotopic (exact) mass is 576 g/mol. The van der Waals surface area contributed by atoms with Gasteiger partial charge in [-0.05, 0) is 48.4 Å². The van der Waals surface area contributed by atoms with Crippen molar-refractivity contribution < 1.29 is 22.3 Å². The highest BCUT2D eigenvalue weighted by Gasteiger charge is 2.31. The third kappa shape index (κ3) is 8.04. The van der Waals surface area contributed by atoms with Crippen LogP contribution in [0.1, 0.15) is 17.5 Å². The quantitative estimate of drug-likeness (QED) is 0.145. The second kappa shape index (κ2) is 12.8. The minimum Gasteiger partial charge on any atom is -0.406 e. The van der Waals surface area contributed by atoms with Gasteiger partial charge in [0, 0.05) is 17.9 Å². The first-order valence-corrected chi connectivity index (χ1v) is 12.8. The van der Waals surface area contributed by atoms with Crippen molar-refractivity contribution in [3.05, 3.63) is 88.7 Å². The number of para-hydroxylation sites is 1. The molecule has 0 atom stereocenters.